The second-order valence-electron chi connectivity index (χ2n) is 8.53. The lowest BCUT2D eigenvalue weighted by Crippen LogP contribution is -2.41. The normalized spacial score (nSPS) is 13.0. The number of rotatable bonds is 18. The van der Waals surface area contributed by atoms with E-state index in [1.807, 2.05) is 0 Å². The van der Waals surface area contributed by atoms with Crippen molar-refractivity contribution < 1.29 is 18.3 Å². The van der Waals surface area contributed by atoms with Gasteiger partial charge in [0.15, 0.2) is 17.4 Å². The minimum atomic E-state index is -0.772. The van der Waals surface area contributed by atoms with E-state index >= 15 is 0 Å². The van der Waals surface area contributed by atoms with Crippen LogP contribution in [0.4, 0.5) is 8.78 Å². The average Bonchev–Trinajstić information content (AvgIpc) is 2.76. The zero-order valence-electron chi connectivity index (χ0n) is 19.8. The summed E-state index contributed by atoms with van der Waals surface area (Å²) in [4.78, 5) is 0. The van der Waals surface area contributed by atoms with Gasteiger partial charge in [-0.3, -0.25) is 0 Å². The molecule has 1 aromatic carbocycles. The van der Waals surface area contributed by atoms with E-state index < -0.39 is 17.4 Å². The summed E-state index contributed by atoms with van der Waals surface area (Å²) in [6.45, 7) is 4.39. The molecule has 1 unspecified atom stereocenters. The first kappa shape index (κ1) is 27.0. The fraction of sp³-hybridized carbons (Fsp3) is 0.769. The lowest BCUT2D eigenvalue weighted by molar-refractivity contribution is -0.244. The van der Waals surface area contributed by atoms with Gasteiger partial charge in [0.1, 0.15) is 0 Å². The zero-order valence-corrected chi connectivity index (χ0v) is 19.8. The maximum absolute atomic E-state index is 13.3. The van der Waals surface area contributed by atoms with Gasteiger partial charge in [0, 0.05) is 20.1 Å². The Labute approximate surface area is 183 Å². The van der Waals surface area contributed by atoms with E-state index in [2.05, 4.69) is 13.8 Å². The summed E-state index contributed by atoms with van der Waals surface area (Å²) < 4.78 is 38.0. The number of unbranched alkanes of at least 4 members (excludes halogenated alkanes) is 8. The Morgan fingerprint density at radius 1 is 0.767 bits per heavy atom. The van der Waals surface area contributed by atoms with Crippen LogP contribution in [-0.2, 0) is 15.9 Å². The minimum Gasteiger partial charge on any atom is -0.353 e. The van der Waals surface area contributed by atoms with E-state index in [-0.39, 0.29) is 0 Å². The molecule has 1 aromatic rings. The van der Waals surface area contributed by atoms with Crippen LogP contribution < -0.4 is 0 Å². The second-order valence-corrected chi connectivity index (χ2v) is 8.53. The summed E-state index contributed by atoms with van der Waals surface area (Å²) in [6, 6.07) is 4.22. The summed E-state index contributed by atoms with van der Waals surface area (Å²) in [7, 11) is 3.53. The van der Waals surface area contributed by atoms with Crippen LogP contribution in [0.5, 0.6) is 0 Å². The highest BCUT2D eigenvalue weighted by Crippen LogP contribution is 2.34. The fourth-order valence-electron chi connectivity index (χ4n) is 4.52. The molecule has 2 nitrogen and oxygen atoms in total. The van der Waals surface area contributed by atoms with Crippen LogP contribution in [0.1, 0.15) is 103 Å². The molecule has 0 aliphatic carbocycles. The van der Waals surface area contributed by atoms with E-state index in [4.69, 9.17) is 9.47 Å². The Morgan fingerprint density at radius 3 is 1.87 bits per heavy atom. The Balaban J connectivity index is 2.39. The summed E-state index contributed by atoms with van der Waals surface area (Å²) in [6.07, 6.45) is 16.1. The van der Waals surface area contributed by atoms with Crippen LogP contribution in [0, 0.1) is 17.6 Å². The maximum Gasteiger partial charge on any atom is 0.170 e. The molecule has 1 rings (SSSR count). The minimum absolute atomic E-state index is 0.412. The highest BCUT2D eigenvalue weighted by molar-refractivity contribution is 5.17. The molecule has 0 heterocycles. The van der Waals surface area contributed by atoms with Crippen LogP contribution in [-0.4, -0.2) is 20.0 Å². The van der Waals surface area contributed by atoms with Gasteiger partial charge in [-0.1, -0.05) is 77.7 Å². The number of benzene rings is 1. The SMILES string of the molecule is CCCCCCCCC(CCCCCCc1ccc(F)c(F)c1)C(CC)(OC)OC. The van der Waals surface area contributed by atoms with Crippen molar-refractivity contribution in [2.75, 3.05) is 14.2 Å². The Kier molecular flexibility index (Phi) is 14.2. The summed E-state index contributed by atoms with van der Waals surface area (Å²) in [5.74, 6) is -1.59. The standard InChI is InChI=1S/C26H44F2O2/c1-5-7-8-9-10-14-17-23(26(6-2,29-3)30-4)18-15-12-11-13-16-22-19-20-24(27)25(28)21-22/h19-21,23H,5-18H2,1-4H3. The van der Waals surface area contributed by atoms with Crippen LogP contribution in [0.3, 0.4) is 0 Å². The Bertz CT molecular complexity index is 550. The topological polar surface area (TPSA) is 18.5 Å². The van der Waals surface area contributed by atoms with E-state index in [0.29, 0.717) is 5.92 Å². The molecule has 0 N–H and O–H groups in total. The van der Waals surface area contributed by atoms with Crippen molar-refractivity contribution in [1.29, 1.82) is 0 Å². The first-order valence-electron chi connectivity index (χ1n) is 12.1. The molecule has 0 aliphatic rings. The van der Waals surface area contributed by atoms with E-state index in [1.54, 1.807) is 20.3 Å². The van der Waals surface area contributed by atoms with Crippen molar-refractivity contribution in [1.82, 2.24) is 0 Å². The molecule has 0 bridgehead atoms. The highest BCUT2D eigenvalue weighted by Gasteiger charge is 2.36. The van der Waals surface area contributed by atoms with Crippen molar-refractivity contribution in [3.8, 4) is 0 Å². The molecular weight excluding hydrogens is 382 g/mol. The molecule has 0 aliphatic heterocycles. The van der Waals surface area contributed by atoms with E-state index in [1.165, 1.54) is 50.7 Å². The zero-order chi connectivity index (χ0) is 22.2. The average molecular weight is 427 g/mol. The van der Waals surface area contributed by atoms with Crippen LogP contribution in [0.25, 0.3) is 0 Å². The van der Waals surface area contributed by atoms with Gasteiger partial charge in [0.05, 0.1) is 0 Å². The molecule has 0 spiro atoms. The first-order chi connectivity index (χ1) is 14.5. The monoisotopic (exact) mass is 426 g/mol. The van der Waals surface area contributed by atoms with Gasteiger partial charge in [0.2, 0.25) is 0 Å². The summed E-state index contributed by atoms with van der Waals surface area (Å²) in [5.41, 5.74) is 0.874. The third-order valence-corrected chi connectivity index (χ3v) is 6.46. The quantitative estimate of drug-likeness (QED) is 0.174. The summed E-state index contributed by atoms with van der Waals surface area (Å²) in [5, 5.41) is 0. The number of halogens is 2. The van der Waals surface area contributed by atoms with Crippen molar-refractivity contribution in [2.24, 2.45) is 5.92 Å². The summed E-state index contributed by atoms with van der Waals surface area (Å²) >= 11 is 0. The number of hydrogen-bond acceptors (Lipinski definition) is 2. The molecule has 1 atom stereocenters. The maximum atomic E-state index is 13.3. The van der Waals surface area contributed by atoms with Crippen molar-refractivity contribution in [3.63, 3.8) is 0 Å². The van der Waals surface area contributed by atoms with Gasteiger partial charge in [0.25, 0.3) is 0 Å². The molecule has 0 saturated heterocycles. The van der Waals surface area contributed by atoms with Crippen molar-refractivity contribution in [3.05, 3.63) is 35.4 Å². The molecule has 30 heavy (non-hydrogen) atoms. The molecule has 4 heteroatoms. The molecule has 0 amide bonds. The van der Waals surface area contributed by atoms with Crippen LogP contribution in [0.15, 0.2) is 18.2 Å². The van der Waals surface area contributed by atoms with Crippen LogP contribution in [0.2, 0.25) is 0 Å². The predicted octanol–water partition coefficient (Wildman–Crippen LogP) is 8.22. The number of ether oxygens (including phenoxy) is 2. The number of aryl methyl sites for hydroxylation is 1. The van der Waals surface area contributed by atoms with Gasteiger partial charge in [-0.05, 0) is 49.8 Å². The highest BCUT2D eigenvalue weighted by atomic mass is 19.2. The fourth-order valence-corrected chi connectivity index (χ4v) is 4.52. The van der Waals surface area contributed by atoms with Crippen molar-refractivity contribution in [2.45, 2.75) is 110 Å². The van der Waals surface area contributed by atoms with Crippen LogP contribution >= 0.6 is 0 Å². The molecular formula is C26H44F2O2. The Morgan fingerprint density at radius 2 is 1.33 bits per heavy atom. The molecule has 0 saturated carbocycles. The predicted molar refractivity (Wildman–Crippen MR) is 122 cm³/mol. The smallest absolute Gasteiger partial charge is 0.170 e. The molecule has 174 valence electrons. The number of methoxy groups -OCH3 is 2. The van der Waals surface area contributed by atoms with Gasteiger partial charge < -0.3 is 9.47 Å². The van der Waals surface area contributed by atoms with Crippen molar-refractivity contribution >= 4 is 0 Å². The second kappa shape index (κ2) is 15.8. The number of hydrogen-bond donors (Lipinski definition) is 0. The largest absolute Gasteiger partial charge is 0.353 e. The van der Waals surface area contributed by atoms with E-state index in [0.717, 1.165) is 56.9 Å². The Hall–Kier alpha value is -1.00. The third kappa shape index (κ3) is 9.43. The first-order valence-corrected chi connectivity index (χ1v) is 12.1. The molecule has 0 radical (unpaired) electrons. The third-order valence-electron chi connectivity index (χ3n) is 6.46. The lowest BCUT2D eigenvalue weighted by atomic mass is 9.85. The van der Waals surface area contributed by atoms with Gasteiger partial charge >= 0.3 is 0 Å². The van der Waals surface area contributed by atoms with Gasteiger partial charge in [-0.15, -0.1) is 0 Å². The van der Waals surface area contributed by atoms with E-state index in [9.17, 15) is 8.78 Å². The molecule has 0 aromatic heterocycles. The molecule has 0 fully saturated rings. The van der Waals surface area contributed by atoms with Gasteiger partial charge in [-0.2, -0.15) is 0 Å². The lowest BCUT2D eigenvalue weighted by Gasteiger charge is -2.38. The van der Waals surface area contributed by atoms with Gasteiger partial charge in [-0.25, -0.2) is 8.78 Å².